The monoisotopic (exact) mass is 464 g/mol. The molecule has 4 aliphatic carbocycles. The Kier molecular flexibility index (Phi) is 3.86. The fourth-order valence-corrected chi connectivity index (χ4v) is 6.62. The molecule has 6 atom stereocenters. The molecule has 168 valence electrons. The first-order valence-corrected chi connectivity index (χ1v) is 11.6. The number of rotatable bonds is 4. The summed E-state index contributed by atoms with van der Waals surface area (Å²) in [5.74, 6) is 1.66. The van der Waals surface area contributed by atoms with Crippen LogP contribution in [0.5, 0.6) is 0 Å². The van der Waals surface area contributed by atoms with Crippen molar-refractivity contribution in [1.82, 2.24) is 34.7 Å². The number of hydrogen-bond acceptors (Lipinski definition) is 7. The first-order valence-electron chi connectivity index (χ1n) is 11.2. The zero-order chi connectivity index (χ0) is 22.4. The van der Waals surface area contributed by atoms with Gasteiger partial charge < -0.3 is 15.0 Å². The van der Waals surface area contributed by atoms with Crippen molar-refractivity contribution < 1.29 is 9.90 Å². The Labute approximate surface area is 192 Å². The van der Waals surface area contributed by atoms with Gasteiger partial charge in [0.2, 0.25) is 0 Å². The quantitative estimate of drug-likeness (QED) is 0.419. The smallest absolute Gasteiger partial charge is 0.308 e. The second-order valence-corrected chi connectivity index (χ2v) is 9.99. The van der Waals surface area contributed by atoms with Crippen LogP contribution in [0.15, 0.2) is 18.6 Å². The number of imidazole rings is 1. The third kappa shape index (κ3) is 2.73. The van der Waals surface area contributed by atoms with E-state index in [0.29, 0.717) is 56.8 Å². The SMILES string of the molecule is Cn1cnc2nc(-c3[nH]nc4ncc(Cl)cc34)nc(N[C@H]3[C@@H]4CC[C@@H]([C@@H]5C[C@@H]54)[C@@H]3C(=O)O)c21. The summed E-state index contributed by atoms with van der Waals surface area (Å²) in [4.78, 5) is 30.5. The molecule has 2 bridgehead atoms. The van der Waals surface area contributed by atoms with Gasteiger partial charge >= 0.3 is 5.97 Å². The molecule has 10 nitrogen and oxygen atoms in total. The van der Waals surface area contributed by atoms with Crippen molar-refractivity contribution in [2.75, 3.05) is 5.32 Å². The molecule has 0 spiro atoms. The maximum atomic E-state index is 12.3. The molecule has 4 aromatic heterocycles. The number of H-pyrrole nitrogens is 1. The van der Waals surface area contributed by atoms with Crippen molar-refractivity contribution in [1.29, 1.82) is 0 Å². The molecule has 4 fully saturated rings. The number of anilines is 1. The van der Waals surface area contributed by atoms with Crippen molar-refractivity contribution in [3.05, 3.63) is 23.6 Å². The van der Waals surface area contributed by atoms with Crippen LogP contribution in [0, 0.1) is 29.6 Å². The van der Waals surface area contributed by atoms with Crippen molar-refractivity contribution in [3.8, 4) is 11.5 Å². The minimum atomic E-state index is -0.719. The molecule has 0 aliphatic heterocycles. The number of carboxylic acid groups (broad SMARTS) is 1. The Balaban J connectivity index is 1.36. The number of carbonyl (C=O) groups is 1. The molecule has 8 rings (SSSR count). The number of aromatic nitrogens is 7. The zero-order valence-electron chi connectivity index (χ0n) is 17.7. The first-order chi connectivity index (χ1) is 16.0. The van der Waals surface area contributed by atoms with Gasteiger partial charge in [0.25, 0.3) is 0 Å². The number of fused-ring (bicyclic) bond motifs is 4. The van der Waals surface area contributed by atoms with Crippen LogP contribution in [0.2, 0.25) is 5.02 Å². The van der Waals surface area contributed by atoms with E-state index in [0.717, 1.165) is 24.8 Å². The number of aromatic amines is 1. The van der Waals surface area contributed by atoms with E-state index >= 15 is 0 Å². The second-order valence-electron chi connectivity index (χ2n) is 9.55. The number of nitrogens with zero attached hydrogens (tertiary/aromatic N) is 6. The molecule has 0 saturated heterocycles. The number of nitrogens with one attached hydrogen (secondary N) is 2. The molecule has 0 unspecified atom stereocenters. The fourth-order valence-electron chi connectivity index (χ4n) is 6.46. The average Bonchev–Trinajstić information content (AvgIpc) is 3.40. The van der Waals surface area contributed by atoms with Gasteiger partial charge in [-0.3, -0.25) is 9.89 Å². The van der Waals surface area contributed by atoms with Crippen molar-refractivity contribution >= 4 is 45.6 Å². The Morgan fingerprint density at radius 2 is 2.00 bits per heavy atom. The first kappa shape index (κ1) is 19.2. The number of hydrogen-bond donors (Lipinski definition) is 3. The summed E-state index contributed by atoms with van der Waals surface area (Å²) in [7, 11) is 1.89. The number of aryl methyl sites for hydroxylation is 1. The predicted octanol–water partition coefficient (Wildman–Crippen LogP) is 3.11. The van der Waals surface area contributed by atoms with E-state index in [2.05, 4.69) is 30.5 Å². The molecule has 3 N–H and O–H groups in total. The van der Waals surface area contributed by atoms with Gasteiger partial charge in [0.1, 0.15) is 11.2 Å². The lowest BCUT2D eigenvalue weighted by atomic mass is 9.61. The third-order valence-electron chi connectivity index (χ3n) is 7.89. The highest BCUT2D eigenvalue weighted by Gasteiger charge is 2.63. The normalized spacial score (nSPS) is 30.0. The lowest BCUT2D eigenvalue weighted by molar-refractivity contribution is -0.148. The zero-order valence-corrected chi connectivity index (χ0v) is 18.5. The molecule has 4 aromatic rings. The summed E-state index contributed by atoms with van der Waals surface area (Å²) in [6.07, 6.45) is 6.46. The highest BCUT2D eigenvalue weighted by molar-refractivity contribution is 6.31. The number of pyridine rings is 1. The van der Waals surface area contributed by atoms with Crippen LogP contribution in [0.25, 0.3) is 33.7 Å². The fraction of sp³-hybridized carbons (Fsp3) is 0.455. The van der Waals surface area contributed by atoms with Gasteiger partial charge in [0.15, 0.2) is 22.9 Å². The average molecular weight is 465 g/mol. The van der Waals surface area contributed by atoms with Gasteiger partial charge in [-0.2, -0.15) is 5.10 Å². The number of carboxylic acids is 1. The molecule has 4 heterocycles. The highest BCUT2D eigenvalue weighted by atomic mass is 35.5. The molecule has 11 heteroatoms. The largest absolute Gasteiger partial charge is 0.481 e. The van der Waals surface area contributed by atoms with Crippen LogP contribution in [0.1, 0.15) is 19.3 Å². The van der Waals surface area contributed by atoms with Crippen LogP contribution in [0.3, 0.4) is 0 Å². The van der Waals surface area contributed by atoms with Crippen molar-refractivity contribution in [2.45, 2.75) is 25.3 Å². The van der Waals surface area contributed by atoms with Crippen LogP contribution < -0.4 is 5.32 Å². The highest BCUT2D eigenvalue weighted by Crippen LogP contribution is 2.64. The molecule has 4 saturated carbocycles. The number of aliphatic carboxylic acids is 1. The maximum absolute atomic E-state index is 12.3. The molecule has 0 amide bonds. The van der Waals surface area contributed by atoms with Gasteiger partial charge in [0.05, 0.1) is 22.7 Å². The molecule has 0 aromatic carbocycles. The van der Waals surface area contributed by atoms with Crippen LogP contribution >= 0.6 is 11.6 Å². The van der Waals surface area contributed by atoms with E-state index in [1.54, 1.807) is 18.6 Å². The summed E-state index contributed by atoms with van der Waals surface area (Å²) in [6, 6.07) is 1.61. The van der Waals surface area contributed by atoms with Gasteiger partial charge in [-0.15, -0.1) is 0 Å². The van der Waals surface area contributed by atoms with E-state index in [9.17, 15) is 9.90 Å². The molecule has 33 heavy (non-hydrogen) atoms. The summed E-state index contributed by atoms with van der Waals surface area (Å²) in [6.45, 7) is 0. The van der Waals surface area contributed by atoms with Crippen molar-refractivity contribution in [3.63, 3.8) is 0 Å². The Bertz CT molecular complexity index is 1450. The van der Waals surface area contributed by atoms with Gasteiger partial charge in [-0.1, -0.05) is 11.6 Å². The summed E-state index contributed by atoms with van der Waals surface area (Å²) in [5.41, 5.74) is 2.39. The topological polar surface area (TPSA) is 134 Å². The maximum Gasteiger partial charge on any atom is 0.308 e. The van der Waals surface area contributed by atoms with E-state index in [4.69, 9.17) is 16.6 Å². The summed E-state index contributed by atoms with van der Waals surface area (Å²) in [5, 5.41) is 22.1. The summed E-state index contributed by atoms with van der Waals surface area (Å²) < 4.78 is 1.86. The third-order valence-corrected chi connectivity index (χ3v) is 8.10. The molecule has 4 aliphatic rings. The minimum Gasteiger partial charge on any atom is -0.481 e. The van der Waals surface area contributed by atoms with Gasteiger partial charge in [-0.25, -0.2) is 19.9 Å². The van der Waals surface area contributed by atoms with Gasteiger partial charge in [0, 0.05) is 19.3 Å². The Morgan fingerprint density at radius 1 is 1.18 bits per heavy atom. The van der Waals surface area contributed by atoms with E-state index < -0.39 is 11.9 Å². The van der Waals surface area contributed by atoms with E-state index in [1.165, 1.54) is 0 Å². The predicted molar refractivity (Wildman–Crippen MR) is 121 cm³/mol. The number of halogens is 1. The molecular weight excluding hydrogens is 444 g/mol. The van der Waals surface area contributed by atoms with E-state index in [1.807, 2.05) is 11.6 Å². The molecular formula is C22H21ClN8O2. The standard InChI is InChI=1S/C22H21ClN8O2/c1-31-7-25-20-17(31)21(26-15-10-3-2-9(11-5-12(10)11)14(15)22(32)33)28-19(27-20)16-13-4-8(23)6-24-18(13)30-29-16/h4,6-7,9-12,14-15H,2-3,5H2,1H3,(H,32,33)(H,24,29,30)(H,26,27,28)/t9-,10+,11-,12+,14-,15-/m0/s1. The van der Waals surface area contributed by atoms with Crippen molar-refractivity contribution in [2.24, 2.45) is 36.6 Å². The van der Waals surface area contributed by atoms with Gasteiger partial charge in [-0.05, 0) is 49.0 Å². The van der Waals surface area contributed by atoms with Crippen LogP contribution in [0.4, 0.5) is 5.82 Å². The minimum absolute atomic E-state index is 0.166. The lowest BCUT2D eigenvalue weighted by Crippen LogP contribution is -2.52. The van der Waals surface area contributed by atoms with Crippen LogP contribution in [-0.4, -0.2) is 51.8 Å². The Hall–Kier alpha value is -3.27. The molecule has 0 radical (unpaired) electrons. The van der Waals surface area contributed by atoms with E-state index in [-0.39, 0.29) is 12.0 Å². The Morgan fingerprint density at radius 3 is 2.85 bits per heavy atom. The second kappa shape index (κ2) is 6.63. The lowest BCUT2D eigenvalue weighted by Gasteiger charge is -2.46. The van der Waals surface area contributed by atoms with Crippen LogP contribution in [-0.2, 0) is 11.8 Å². The summed E-state index contributed by atoms with van der Waals surface area (Å²) >= 11 is 6.16.